The average Bonchev–Trinajstić information content (AvgIpc) is 3.41. The van der Waals surface area contributed by atoms with Gasteiger partial charge in [-0.25, -0.2) is 4.39 Å². The Balaban J connectivity index is 1.37. The molecule has 4 aromatic rings. The van der Waals surface area contributed by atoms with Crippen molar-refractivity contribution in [3.05, 3.63) is 141 Å². The molecule has 2 unspecified atom stereocenters. The molecule has 0 saturated heterocycles. The van der Waals surface area contributed by atoms with Crippen molar-refractivity contribution in [3.63, 3.8) is 0 Å². The summed E-state index contributed by atoms with van der Waals surface area (Å²) in [5.41, 5.74) is 9.45. The lowest BCUT2D eigenvalue weighted by Crippen LogP contribution is -2.53. The molecular formula is C36H37FN2O. The van der Waals surface area contributed by atoms with Crippen LogP contribution in [0.25, 0.3) is 0 Å². The number of hydrogen-bond acceptors (Lipinski definition) is 2. The number of amides is 1. The first-order chi connectivity index (χ1) is 19.4. The van der Waals surface area contributed by atoms with Crippen molar-refractivity contribution in [2.45, 2.75) is 64.7 Å². The van der Waals surface area contributed by atoms with Gasteiger partial charge in [0.15, 0.2) is 0 Å². The fourth-order valence-electron chi connectivity index (χ4n) is 6.74. The fourth-order valence-corrected chi connectivity index (χ4v) is 6.74. The van der Waals surface area contributed by atoms with Gasteiger partial charge in [0, 0.05) is 24.7 Å². The van der Waals surface area contributed by atoms with Gasteiger partial charge in [0.25, 0.3) is 0 Å². The summed E-state index contributed by atoms with van der Waals surface area (Å²) in [4.78, 5) is 18.9. The number of carbonyl (C=O) groups excluding carboxylic acids is 1. The van der Waals surface area contributed by atoms with E-state index in [2.05, 4.69) is 85.5 Å². The smallest absolute Gasteiger partial charge is 0.240 e. The first-order valence-electron chi connectivity index (χ1n) is 14.4. The van der Waals surface area contributed by atoms with Gasteiger partial charge in [-0.15, -0.1) is 0 Å². The van der Waals surface area contributed by atoms with Crippen LogP contribution >= 0.6 is 0 Å². The van der Waals surface area contributed by atoms with Gasteiger partial charge in [0.1, 0.15) is 5.82 Å². The summed E-state index contributed by atoms with van der Waals surface area (Å²) < 4.78 is 14.9. The number of rotatable bonds is 6. The molecule has 0 saturated carbocycles. The van der Waals surface area contributed by atoms with Crippen LogP contribution in [0.4, 0.5) is 4.39 Å². The SMILES string of the molecule is Cc1ccc(C)c(C2c3ccccc3CCN2C(C)C(=O)N(Cc2ccccc2F)C2Cc3ccccc3C2)c1. The molecular weight excluding hydrogens is 495 g/mol. The molecule has 0 N–H and O–H groups in total. The molecule has 0 fully saturated rings. The molecule has 1 aliphatic heterocycles. The lowest BCUT2D eigenvalue weighted by molar-refractivity contribution is -0.140. The molecule has 3 nitrogen and oxygen atoms in total. The summed E-state index contributed by atoms with van der Waals surface area (Å²) in [6.07, 6.45) is 2.50. The molecule has 204 valence electrons. The van der Waals surface area contributed by atoms with E-state index in [1.807, 2.05) is 17.9 Å². The Morgan fingerprint density at radius 2 is 1.52 bits per heavy atom. The topological polar surface area (TPSA) is 23.6 Å². The molecule has 0 bridgehead atoms. The van der Waals surface area contributed by atoms with Crippen molar-refractivity contribution in [1.29, 1.82) is 0 Å². The van der Waals surface area contributed by atoms with Crippen molar-refractivity contribution < 1.29 is 9.18 Å². The summed E-state index contributed by atoms with van der Waals surface area (Å²) in [5, 5.41) is 0. The zero-order chi connectivity index (χ0) is 27.8. The number of fused-ring (bicyclic) bond motifs is 2. The van der Waals surface area contributed by atoms with Gasteiger partial charge < -0.3 is 4.90 Å². The molecule has 4 aromatic carbocycles. The van der Waals surface area contributed by atoms with E-state index >= 15 is 0 Å². The summed E-state index contributed by atoms with van der Waals surface area (Å²) in [6, 6.07) is 30.2. The molecule has 2 aliphatic rings. The largest absolute Gasteiger partial charge is 0.333 e. The van der Waals surface area contributed by atoms with Crippen LogP contribution in [0.3, 0.4) is 0 Å². The normalized spacial score (nSPS) is 17.8. The maximum absolute atomic E-state index is 14.9. The molecule has 2 atom stereocenters. The van der Waals surface area contributed by atoms with Crippen molar-refractivity contribution in [1.82, 2.24) is 9.80 Å². The summed E-state index contributed by atoms with van der Waals surface area (Å²) in [7, 11) is 0. The fraction of sp³-hybridized carbons (Fsp3) is 0.306. The van der Waals surface area contributed by atoms with Gasteiger partial charge >= 0.3 is 0 Å². The maximum atomic E-state index is 14.9. The van der Waals surface area contributed by atoms with Crippen molar-refractivity contribution >= 4 is 5.91 Å². The molecule has 0 aromatic heterocycles. The minimum Gasteiger partial charge on any atom is -0.333 e. The molecule has 0 spiro atoms. The zero-order valence-corrected chi connectivity index (χ0v) is 23.6. The second-order valence-electron chi connectivity index (χ2n) is 11.5. The van der Waals surface area contributed by atoms with Crippen LogP contribution in [-0.2, 0) is 30.6 Å². The van der Waals surface area contributed by atoms with Crippen LogP contribution < -0.4 is 0 Å². The Morgan fingerprint density at radius 1 is 0.875 bits per heavy atom. The predicted molar refractivity (Wildman–Crippen MR) is 159 cm³/mol. The third-order valence-corrected chi connectivity index (χ3v) is 8.96. The van der Waals surface area contributed by atoms with Crippen LogP contribution in [0, 0.1) is 19.7 Å². The number of benzene rings is 4. The summed E-state index contributed by atoms with van der Waals surface area (Å²) >= 11 is 0. The van der Waals surface area contributed by atoms with Crippen LogP contribution in [0.1, 0.15) is 57.5 Å². The van der Waals surface area contributed by atoms with Crippen LogP contribution in [0.15, 0.2) is 91.0 Å². The van der Waals surface area contributed by atoms with Crippen molar-refractivity contribution in [2.24, 2.45) is 0 Å². The number of aryl methyl sites for hydroxylation is 2. The quantitative estimate of drug-likeness (QED) is 0.268. The Bertz CT molecular complexity index is 1520. The van der Waals surface area contributed by atoms with Crippen molar-refractivity contribution in [2.75, 3.05) is 6.54 Å². The Labute approximate surface area is 237 Å². The second-order valence-corrected chi connectivity index (χ2v) is 11.5. The average molecular weight is 533 g/mol. The van der Waals surface area contributed by atoms with Gasteiger partial charge in [-0.2, -0.15) is 0 Å². The Kier molecular flexibility index (Phi) is 7.29. The van der Waals surface area contributed by atoms with Crippen LogP contribution in [-0.4, -0.2) is 34.3 Å². The number of nitrogens with zero attached hydrogens (tertiary/aromatic N) is 2. The van der Waals surface area contributed by atoms with Crippen LogP contribution in [0.5, 0.6) is 0 Å². The molecule has 4 heteroatoms. The first kappa shape index (κ1) is 26.5. The highest BCUT2D eigenvalue weighted by Crippen LogP contribution is 2.39. The molecule has 6 rings (SSSR count). The zero-order valence-electron chi connectivity index (χ0n) is 23.6. The lowest BCUT2D eigenvalue weighted by Gasteiger charge is -2.43. The highest BCUT2D eigenvalue weighted by atomic mass is 19.1. The summed E-state index contributed by atoms with van der Waals surface area (Å²) in [5.74, 6) is -0.195. The number of halogens is 1. The van der Waals surface area contributed by atoms with Gasteiger partial charge in [-0.1, -0.05) is 90.5 Å². The molecule has 0 radical (unpaired) electrons. The molecule has 1 heterocycles. The highest BCUT2D eigenvalue weighted by molar-refractivity contribution is 5.82. The number of hydrogen-bond donors (Lipinski definition) is 0. The van der Waals surface area contributed by atoms with E-state index < -0.39 is 0 Å². The van der Waals surface area contributed by atoms with Gasteiger partial charge in [-0.05, 0) is 79.5 Å². The molecule has 40 heavy (non-hydrogen) atoms. The lowest BCUT2D eigenvalue weighted by atomic mass is 9.85. The first-order valence-corrected chi connectivity index (χ1v) is 14.4. The Morgan fingerprint density at radius 3 is 2.25 bits per heavy atom. The minimum atomic E-state index is -0.367. The minimum absolute atomic E-state index is 0.00295. The second kappa shape index (κ2) is 11.0. The van der Waals surface area contributed by atoms with E-state index in [9.17, 15) is 9.18 Å². The van der Waals surface area contributed by atoms with Gasteiger partial charge in [-0.3, -0.25) is 9.69 Å². The van der Waals surface area contributed by atoms with E-state index in [1.165, 1.54) is 45.0 Å². The molecule has 1 amide bonds. The van der Waals surface area contributed by atoms with E-state index in [4.69, 9.17) is 0 Å². The number of carbonyl (C=O) groups is 1. The third-order valence-electron chi connectivity index (χ3n) is 8.96. The third kappa shape index (κ3) is 4.97. The monoisotopic (exact) mass is 532 g/mol. The molecule has 1 aliphatic carbocycles. The standard InChI is InChI=1S/C36H37FN2O/c1-24-16-17-25(2)33(20-24)35-32-14-8-6-10-27(32)18-19-38(35)26(3)36(40)39(23-30-13-7-9-15-34(30)37)31-21-28-11-4-5-12-29(28)22-31/h4-17,20,26,31,35H,18-19,21-23H2,1-3H3. The predicted octanol–water partition coefficient (Wildman–Crippen LogP) is 6.97. The van der Waals surface area contributed by atoms with Gasteiger partial charge in [0.2, 0.25) is 5.91 Å². The van der Waals surface area contributed by atoms with E-state index in [0.717, 1.165) is 25.8 Å². The highest BCUT2D eigenvalue weighted by Gasteiger charge is 2.39. The summed E-state index contributed by atoms with van der Waals surface area (Å²) in [6.45, 7) is 7.40. The Hall–Kier alpha value is -3.76. The van der Waals surface area contributed by atoms with Gasteiger partial charge in [0.05, 0.1) is 12.1 Å². The van der Waals surface area contributed by atoms with E-state index in [-0.39, 0.29) is 36.4 Å². The maximum Gasteiger partial charge on any atom is 0.240 e. The van der Waals surface area contributed by atoms with Crippen molar-refractivity contribution in [3.8, 4) is 0 Å². The van der Waals surface area contributed by atoms with Crippen LogP contribution in [0.2, 0.25) is 0 Å². The van der Waals surface area contributed by atoms with E-state index in [0.29, 0.717) is 5.56 Å². The van der Waals surface area contributed by atoms with E-state index in [1.54, 1.807) is 12.1 Å².